The third kappa shape index (κ3) is 6.71. The summed E-state index contributed by atoms with van der Waals surface area (Å²) in [5, 5.41) is 6.09. The fourth-order valence-electron chi connectivity index (χ4n) is 8.77. The summed E-state index contributed by atoms with van der Waals surface area (Å²) in [5.74, 6) is 0.365. The minimum atomic E-state index is -2.80. The Hall–Kier alpha value is -4.98. The molecule has 1 aliphatic rings. The van der Waals surface area contributed by atoms with Crippen molar-refractivity contribution in [2.45, 2.75) is 67.7 Å². The van der Waals surface area contributed by atoms with Crippen LogP contribution in [-0.4, -0.2) is 8.07 Å². The highest BCUT2D eigenvalue weighted by atomic mass is 28.3. The van der Waals surface area contributed by atoms with Crippen LogP contribution < -0.4 is 15.6 Å². The zero-order valence-electron chi connectivity index (χ0n) is 32.1. The highest BCUT2D eigenvalue weighted by Crippen LogP contribution is 2.42. The molecule has 0 aliphatic heterocycles. The molecule has 52 heavy (non-hydrogen) atoms. The van der Waals surface area contributed by atoms with E-state index in [9.17, 15) is 0 Å². The topological polar surface area (TPSA) is 0 Å². The summed E-state index contributed by atoms with van der Waals surface area (Å²) in [7, 11) is -2.80. The Morgan fingerprint density at radius 1 is 0.404 bits per heavy atom. The Balaban J connectivity index is 1.47. The van der Waals surface area contributed by atoms with Crippen LogP contribution in [0.25, 0.3) is 0 Å². The van der Waals surface area contributed by atoms with Crippen LogP contribution in [0.4, 0.5) is 0 Å². The van der Waals surface area contributed by atoms with E-state index in [1.165, 1.54) is 82.4 Å². The fraction of sp³-hybridized carbons (Fsp3) is 0.216. The van der Waals surface area contributed by atoms with Gasteiger partial charge in [-0.1, -0.05) is 169 Å². The zero-order valence-corrected chi connectivity index (χ0v) is 33.1. The molecule has 1 heteroatoms. The highest BCUT2D eigenvalue weighted by Gasteiger charge is 2.48. The van der Waals surface area contributed by atoms with Crippen molar-refractivity contribution in [1.29, 1.82) is 0 Å². The Kier molecular flexibility index (Phi) is 10.2. The Morgan fingerprint density at radius 2 is 0.731 bits per heavy atom. The summed E-state index contributed by atoms with van der Waals surface area (Å²) in [4.78, 5) is 0. The van der Waals surface area contributed by atoms with Crippen LogP contribution in [0.2, 0.25) is 0 Å². The van der Waals surface area contributed by atoms with Gasteiger partial charge in [0.15, 0.2) is 8.07 Å². The van der Waals surface area contributed by atoms with Gasteiger partial charge in [0.2, 0.25) is 0 Å². The van der Waals surface area contributed by atoms with Crippen LogP contribution in [0.1, 0.15) is 77.8 Å². The lowest BCUT2D eigenvalue weighted by Crippen LogP contribution is -2.69. The molecule has 0 aromatic heterocycles. The largest absolute Gasteiger partial charge is 0.176 e. The fourth-order valence-corrected chi connectivity index (χ4v) is 14.6. The number of allylic oxidation sites excluding steroid dienone is 4. The lowest BCUT2D eigenvalue weighted by molar-refractivity contribution is 0.851. The van der Waals surface area contributed by atoms with E-state index < -0.39 is 8.07 Å². The molecule has 1 atom stereocenters. The van der Waals surface area contributed by atoms with E-state index in [2.05, 4.69) is 194 Å². The van der Waals surface area contributed by atoms with Crippen molar-refractivity contribution in [2.24, 2.45) is 5.92 Å². The highest BCUT2D eigenvalue weighted by molar-refractivity contribution is 7.16. The quantitative estimate of drug-likeness (QED) is 0.0990. The molecule has 0 spiro atoms. The Morgan fingerprint density at radius 3 is 1.00 bits per heavy atom. The van der Waals surface area contributed by atoms with Crippen molar-refractivity contribution in [3.05, 3.63) is 218 Å². The molecule has 0 heterocycles. The van der Waals surface area contributed by atoms with E-state index in [1.54, 1.807) is 5.20 Å². The SMILES string of the molecule is CC1=C(C)C(C)C([Si](c2ccc(Cc3ccccc3)c(C)c2)(c2ccc(Cc3ccccc3)c(C)c2)c2ccc(Cc3ccccc3)c(C)c2)=C1C. The van der Waals surface area contributed by atoms with E-state index >= 15 is 0 Å². The molecule has 0 fully saturated rings. The second-order valence-corrected chi connectivity index (χ2v) is 19.0. The smallest absolute Gasteiger partial charge is 0.0636 e. The van der Waals surface area contributed by atoms with Crippen molar-refractivity contribution in [3.8, 4) is 0 Å². The molecule has 0 radical (unpaired) electrons. The molecule has 0 nitrogen and oxygen atoms in total. The van der Waals surface area contributed by atoms with Crippen LogP contribution in [-0.2, 0) is 19.3 Å². The summed E-state index contributed by atoms with van der Waals surface area (Å²) >= 11 is 0. The summed E-state index contributed by atoms with van der Waals surface area (Å²) in [6.07, 6.45) is 2.83. The molecule has 0 saturated carbocycles. The van der Waals surface area contributed by atoms with Crippen LogP contribution in [0.5, 0.6) is 0 Å². The maximum Gasteiger partial charge on any atom is 0.176 e. The second kappa shape index (κ2) is 14.9. The lowest BCUT2D eigenvalue weighted by atomic mass is 10.0. The van der Waals surface area contributed by atoms with Crippen molar-refractivity contribution in [2.75, 3.05) is 0 Å². The molecule has 0 bridgehead atoms. The molecule has 260 valence electrons. The Bertz CT molecular complexity index is 2050. The van der Waals surface area contributed by atoms with E-state index in [-0.39, 0.29) is 0 Å². The molecule has 1 aliphatic carbocycles. The number of aryl methyl sites for hydroxylation is 3. The molecule has 0 saturated heterocycles. The van der Waals surface area contributed by atoms with Gasteiger partial charge in [-0.2, -0.15) is 0 Å². The monoisotopic (exact) mass is 692 g/mol. The summed E-state index contributed by atoms with van der Waals surface area (Å²) in [6.45, 7) is 16.6. The van der Waals surface area contributed by atoms with Crippen molar-refractivity contribution < 1.29 is 0 Å². The molecule has 0 N–H and O–H groups in total. The van der Waals surface area contributed by atoms with E-state index in [0.717, 1.165) is 19.3 Å². The van der Waals surface area contributed by atoms with Gasteiger partial charge in [0.1, 0.15) is 0 Å². The predicted molar refractivity (Wildman–Crippen MR) is 226 cm³/mol. The van der Waals surface area contributed by atoms with Gasteiger partial charge < -0.3 is 0 Å². The average Bonchev–Trinajstić information content (AvgIpc) is 3.35. The van der Waals surface area contributed by atoms with E-state index in [1.807, 2.05) is 0 Å². The first-order chi connectivity index (χ1) is 25.2. The third-order valence-corrected chi connectivity index (χ3v) is 17.2. The lowest BCUT2D eigenvalue weighted by Gasteiger charge is -2.39. The van der Waals surface area contributed by atoms with Crippen molar-refractivity contribution in [3.63, 3.8) is 0 Å². The molecular formula is C51H52Si. The van der Waals surface area contributed by atoms with Gasteiger partial charge in [-0.05, 0) is 138 Å². The van der Waals surface area contributed by atoms with Crippen LogP contribution in [0.3, 0.4) is 0 Å². The molecule has 6 aromatic carbocycles. The minimum Gasteiger partial charge on any atom is -0.0636 e. The van der Waals surface area contributed by atoms with Gasteiger partial charge in [0, 0.05) is 0 Å². The molecule has 0 amide bonds. The van der Waals surface area contributed by atoms with Gasteiger partial charge in [-0.25, -0.2) is 0 Å². The maximum atomic E-state index is 2.57. The first kappa shape index (κ1) is 35.4. The minimum absolute atomic E-state index is 0.365. The zero-order chi connectivity index (χ0) is 36.4. The first-order valence-electron chi connectivity index (χ1n) is 19.0. The van der Waals surface area contributed by atoms with Gasteiger partial charge in [0.05, 0.1) is 0 Å². The van der Waals surface area contributed by atoms with Gasteiger partial charge in [-0.15, -0.1) is 0 Å². The maximum absolute atomic E-state index is 2.80. The molecule has 1 unspecified atom stereocenters. The van der Waals surface area contributed by atoms with Crippen LogP contribution >= 0.6 is 0 Å². The normalized spacial score (nSPS) is 14.7. The third-order valence-electron chi connectivity index (χ3n) is 12.1. The van der Waals surface area contributed by atoms with E-state index in [0.29, 0.717) is 5.92 Å². The summed E-state index contributed by atoms with van der Waals surface area (Å²) in [5.41, 5.74) is 16.9. The van der Waals surface area contributed by atoms with Crippen molar-refractivity contribution in [1.82, 2.24) is 0 Å². The Labute approximate surface area is 313 Å². The second-order valence-electron chi connectivity index (χ2n) is 15.2. The van der Waals surface area contributed by atoms with E-state index in [4.69, 9.17) is 0 Å². The summed E-state index contributed by atoms with van der Waals surface area (Å²) in [6, 6.07) is 55.3. The molecular weight excluding hydrogens is 641 g/mol. The van der Waals surface area contributed by atoms with Crippen LogP contribution in [0.15, 0.2) is 168 Å². The standard InChI is InChI=1S/C51H52Si/c1-35-29-48(26-23-45(35)32-42-17-11-8-12-18-42)52(51-40(6)38(4)39(5)41(51)7,49-27-24-46(36(2)30-49)33-43-19-13-9-14-20-43)50-28-25-47(37(3)31-50)34-44-21-15-10-16-22-44/h8-31,40H,32-34H2,1-7H3. The number of benzene rings is 6. The number of hydrogen-bond donors (Lipinski definition) is 0. The van der Waals surface area contributed by atoms with Crippen LogP contribution in [0, 0.1) is 26.7 Å². The van der Waals surface area contributed by atoms with Crippen molar-refractivity contribution >= 4 is 23.6 Å². The first-order valence-corrected chi connectivity index (χ1v) is 21.0. The van der Waals surface area contributed by atoms with Gasteiger partial charge in [0.25, 0.3) is 0 Å². The molecule has 6 aromatic rings. The number of rotatable bonds is 10. The van der Waals surface area contributed by atoms with Gasteiger partial charge >= 0.3 is 0 Å². The number of hydrogen-bond acceptors (Lipinski definition) is 0. The predicted octanol–water partition coefficient (Wildman–Crippen LogP) is 10.7. The summed E-state index contributed by atoms with van der Waals surface area (Å²) < 4.78 is 0. The molecule has 7 rings (SSSR count). The average molecular weight is 693 g/mol. The van der Waals surface area contributed by atoms with Gasteiger partial charge in [-0.3, -0.25) is 0 Å².